The molecule has 0 nitrogen and oxygen atoms in total. The number of benzene rings is 3. The van der Waals surface area contributed by atoms with Gasteiger partial charge in [0, 0.05) is 15.0 Å². The molecule has 0 bridgehead atoms. The Balaban J connectivity index is 1.80. The third-order valence-corrected chi connectivity index (χ3v) is 4.96. The number of hydrogen-bond donors (Lipinski definition) is 1. The molecule has 0 N–H and O–H groups in total. The quantitative estimate of drug-likeness (QED) is 0.403. The number of thioether (sulfide) groups is 1. The van der Waals surface area contributed by atoms with Gasteiger partial charge in [-0.25, -0.2) is 0 Å². The molecule has 0 atom stereocenters. The van der Waals surface area contributed by atoms with Gasteiger partial charge in [-0.3, -0.25) is 0 Å². The van der Waals surface area contributed by atoms with E-state index in [4.69, 9.17) is 0 Å². The van der Waals surface area contributed by atoms with Crippen LogP contribution < -0.4 is 0 Å². The van der Waals surface area contributed by atoms with Gasteiger partial charge in [-0.2, -0.15) is 0 Å². The molecule has 0 saturated carbocycles. The van der Waals surface area contributed by atoms with Crippen molar-refractivity contribution < 1.29 is 0 Å². The summed E-state index contributed by atoms with van der Waals surface area (Å²) in [7, 11) is 0. The van der Waals surface area contributed by atoms with Crippen LogP contribution in [0.3, 0.4) is 0 Å². The molecule has 3 aromatic carbocycles. The van der Waals surface area contributed by atoms with E-state index in [9.17, 15) is 0 Å². The van der Waals surface area contributed by atoms with E-state index in [-0.39, 0.29) is 0 Å². The highest BCUT2D eigenvalue weighted by atomic mass is 32.2. The summed E-state index contributed by atoms with van der Waals surface area (Å²) < 4.78 is 0. The average Bonchev–Trinajstić information content (AvgIpc) is 2.56. The second-order valence-corrected chi connectivity index (χ2v) is 7.98. The van der Waals surface area contributed by atoms with Crippen LogP contribution in [-0.4, -0.2) is 5.25 Å². The minimum absolute atomic E-state index is 0.615. The summed E-state index contributed by atoms with van der Waals surface area (Å²) in [6.45, 7) is 4.44. The maximum atomic E-state index is 4.34. The Labute approximate surface area is 148 Å². The lowest BCUT2D eigenvalue weighted by molar-refractivity contribution is 1.11. The van der Waals surface area contributed by atoms with Gasteiger partial charge in [-0.15, -0.1) is 24.4 Å². The molecular formula is C21H20S2. The van der Waals surface area contributed by atoms with Crippen LogP contribution in [0.1, 0.15) is 13.8 Å². The van der Waals surface area contributed by atoms with E-state index in [1.807, 2.05) is 23.9 Å². The Morgan fingerprint density at radius 2 is 0.957 bits per heavy atom. The number of hydrogen-bond acceptors (Lipinski definition) is 2. The van der Waals surface area contributed by atoms with Crippen molar-refractivity contribution in [1.82, 2.24) is 0 Å². The molecule has 0 fully saturated rings. The smallest absolute Gasteiger partial charge is 0.00749 e. The molecule has 116 valence electrons. The normalized spacial score (nSPS) is 11.0. The fourth-order valence-corrected chi connectivity index (χ4v) is 3.49. The van der Waals surface area contributed by atoms with Gasteiger partial charge in [0.15, 0.2) is 0 Å². The van der Waals surface area contributed by atoms with Gasteiger partial charge in [-0.1, -0.05) is 62.4 Å². The second kappa shape index (κ2) is 7.29. The van der Waals surface area contributed by atoms with Gasteiger partial charge >= 0.3 is 0 Å². The molecule has 0 aliphatic carbocycles. The average molecular weight is 337 g/mol. The summed E-state index contributed by atoms with van der Waals surface area (Å²) in [5.74, 6) is 0. The lowest BCUT2D eigenvalue weighted by atomic mass is 10.0. The van der Waals surface area contributed by atoms with Crippen LogP contribution in [0, 0.1) is 0 Å². The molecule has 3 rings (SSSR count). The number of thiol groups is 1. The zero-order valence-electron chi connectivity index (χ0n) is 13.4. The molecule has 0 amide bonds. The maximum Gasteiger partial charge on any atom is 0.00749 e. The van der Waals surface area contributed by atoms with E-state index >= 15 is 0 Å². The van der Waals surface area contributed by atoms with E-state index in [1.165, 1.54) is 27.1 Å². The summed E-state index contributed by atoms with van der Waals surface area (Å²) in [5, 5.41) is 0.615. The minimum Gasteiger partial charge on any atom is -0.143 e. The first-order chi connectivity index (χ1) is 11.1. The van der Waals surface area contributed by atoms with E-state index < -0.39 is 0 Å². The highest BCUT2D eigenvalue weighted by Gasteiger charge is 2.02. The van der Waals surface area contributed by atoms with Crippen molar-refractivity contribution in [3.8, 4) is 22.3 Å². The number of rotatable bonds is 4. The molecular weight excluding hydrogens is 316 g/mol. The van der Waals surface area contributed by atoms with Crippen molar-refractivity contribution in [2.75, 3.05) is 0 Å². The SMILES string of the molecule is CC(C)Sc1ccc(-c2ccc(-c3ccc(S)cc3)cc2)cc1. The van der Waals surface area contributed by atoms with Gasteiger partial charge in [0.25, 0.3) is 0 Å². The zero-order chi connectivity index (χ0) is 16.2. The summed E-state index contributed by atoms with van der Waals surface area (Å²) in [6.07, 6.45) is 0. The van der Waals surface area contributed by atoms with Gasteiger partial charge in [0.1, 0.15) is 0 Å². The van der Waals surface area contributed by atoms with Crippen LogP contribution in [0.5, 0.6) is 0 Å². The molecule has 23 heavy (non-hydrogen) atoms. The van der Waals surface area contributed by atoms with Crippen LogP contribution in [0.2, 0.25) is 0 Å². The van der Waals surface area contributed by atoms with Crippen molar-refractivity contribution >= 4 is 24.4 Å². The fourth-order valence-electron chi connectivity index (χ4n) is 2.51. The molecule has 0 aliphatic heterocycles. The Morgan fingerprint density at radius 1 is 0.609 bits per heavy atom. The monoisotopic (exact) mass is 336 g/mol. The van der Waals surface area contributed by atoms with Crippen LogP contribution in [0.4, 0.5) is 0 Å². The highest BCUT2D eigenvalue weighted by molar-refractivity contribution is 7.99. The fraction of sp³-hybridized carbons (Fsp3) is 0.143. The molecule has 2 heteroatoms. The van der Waals surface area contributed by atoms with Crippen LogP contribution in [0.15, 0.2) is 82.6 Å². The minimum atomic E-state index is 0.615. The van der Waals surface area contributed by atoms with Crippen LogP contribution in [0.25, 0.3) is 22.3 Å². The maximum absolute atomic E-state index is 4.34. The standard InChI is InChI=1S/C21H20S2/c1-15(2)23-21-13-9-19(10-14-21)17-5-3-16(4-6-17)18-7-11-20(22)12-8-18/h3-15,22H,1-2H3. The molecule has 0 aliphatic rings. The molecule has 0 aromatic heterocycles. The van der Waals surface area contributed by atoms with Crippen molar-refractivity contribution in [3.05, 3.63) is 72.8 Å². The lowest BCUT2D eigenvalue weighted by Crippen LogP contribution is -1.86. The van der Waals surface area contributed by atoms with Crippen LogP contribution >= 0.6 is 24.4 Å². The summed E-state index contributed by atoms with van der Waals surface area (Å²) in [6, 6.07) is 25.8. The second-order valence-electron chi connectivity index (χ2n) is 5.82. The van der Waals surface area contributed by atoms with Crippen molar-refractivity contribution in [2.45, 2.75) is 28.9 Å². The van der Waals surface area contributed by atoms with E-state index in [1.54, 1.807) is 0 Å². The lowest BCUT2D eigenvalue weighted by Gasteiger charge is -2.08. The van der Waals surface area contributed by atoms with Crippen molar-refractivity contribution in [1.29, 1.82) is 0 Å². The molecule has 0 radical (unpaired) electrons. The Kier molecular flexibility index (Phi) is 5.14. The Hall–Kier alpha value is -1.64. The topological polar surface area (TPSA) is 0 Å². The van der Waals surface area contributed by atoms with Gasteiger partial charge in [-0.05, 0) is 46.5 Å². The molecule has 0 heterocycles. The predicted octanol–water partition coefficient (Wildman–Crippen LogP) is 6.81. The van der Waals surface area contributed by atoms with Gasteiger partial charge in [0.05, 0.1) is 0 Å². The van der Waals surface area contributed by atoms with Gasteiger partial charge < -0.3 is 0 Å². The largest absolute Gasteiger partial charge is 0.143 e. The van der Waals surface area contributed by atoms with Crippen molar-refractivity contribution in [3.63, 3.8) is 0 Å². The van der Waals surface area contributed by atoms with E-state index in [0.717, 1.165) is 4.90 Å². The summed E-state index contributed by atoms with van der Waals surface area (Å²) >= 11 is 6.23. The first-order valence-corrected chi connectivity index (χ1v) is 9.11. The Bertz CT molecular complexity index is 754. The predicted molar refractivity (Wildman–Crippen MR) is 106 cm³/mol. The third-order valence-electron chi connectivity index (χ3n) is 3.64. The van der Waals surface area contributed by atoms with E-state index in [2.05, 4.69) is 87.1 Å². The van der Waals surface area contributed by atoms with E-state index in [0.29, 0.717) is 5.25 Å². The Morgan fingerprint density at radius 3 is 1.35 bits per heavy atom. The summed E-state index contributed by atoms with van der Waals surface area (Å²) in [5.41, 5.74) is 4.96. The first-order valence-electron chi connectivity index (χ1n) is 7.78. The van der Waals surface area contributed by atoms with Gasteiger partial charge in [0.2, 0.25) is 0 Å². The molecule has 0 saturated heterocycles. The first kappa shape index (κ1) is 16.2. The summed E-state index contributed by atoms with van der Waals surface area (Å²) in [4.78, 5) is 2.32. The zero-order valence-corrected chi connectivity index (χ0v) is 15.1. The molecule has 3 aromatic rings. The van der Waals surface area contributed by atoms with Crippen LogP contribution in [-0.2, 0) is 0 Å². The van der Waals surface area contributed by atoms with Crippen molar-refractivity contribution in [2.24, 2.45) is 0 Å². The highest BCUT2D eigenvalue weighted by Crippen LogP contribution is 2.28. The molecule has 0 unspecified atom stereocenters. The third kappa shape index (κ3) is 4.21. The molecule has 0 spiro atoms.